The molecule has 0 unspecified atom stereocenters. The van der Waals surface area contributed by atoms with E-state index in [1.54, 1.807) is 7.11 Å². The highest BCUT2D eigenvalue weighted by atomic mass is 35.5. The summed E-state index contributed by atoms with van der Waals surface area (Å²) in [6.07, 6.45) is 0. The van der Waals surface area contributed by atoms with Gasteiger partial charge in [-0.25, -0.2) is 0 Å². The smallest absolute Gasteiger partial charge is 0.152 e. The molecule has 0 aliphatic rings. The molecule has 0 N–H and O–H groups in total. The van der Waals surface area contributed by atoms with Gasteiger partial charge in [0, 0.05) is 11.6 Å². The van der Waals surface area contributed by atoms with E-state index in [9.17, 15) is 0 Å². The Balaban J connectivity index is 2.40. The summed E-state index contributed by atoms with van der Waals surface area (Å²) in [5.41, 5.74) is 2.92. The number of nitrogens with zero attached hydrogens (tertiary/aromatic N) is 1. The fourth-order valence-electron chi connectivity index (χ4n) is 1.55. The molecule has 4 heteroatoms. The van der Waals surface area contributed by atoms with E-state index >= 15 is 0 Å². The van der Waals surface area contributed by atoms with Crippen molar-refractivity contribution in [2.24, 2.45) is 0 Å². The van der Waals surface area contributed by atoms with Gasteiger partial charge in [-0.15, -0.1) is 11.6 Å². The Morgan fingerprint density at radius 1 is 1.38 bits per heavy atom. The zero-order chi connectivity index (χ0) is 11.5. The first kappa shape index (κ1) is 11.0. The predicted molar refractivity (Wildman–Crippen MR) is 62.8 cm³/mol. The van der Waals surface area contributed by atoms with Gasteiger partial charge in [0.25, 0.3) is 0 Å². The van der Waals surface area contributed by atoms with E-state index < -0.39 is 0 Å². The van der Waals surface area contributed by atoms with Crippen LogP contribution in [-0.4, -0.2) is 12.3 Å². The Morgan fingerprint density at radius 3 is 2.75 bits per heavy atom. The molecule has 0 spiro atoms. The standard InChI is InChI=1S/C12H12ClNO2/c1-8-5-9(15-2)3-4-11(8)12-6-10(7-13)16-14-12/h3-6H,7H2,1-2H3. The van der Waals surface area contributed by atoms with Crippen LogP contribution in [0.5, 0.6) is 5.75 Å². The number of alkyl halides is 1. The predicted octanol–water partition coefficient (Wildman–Crippen LogP) is 3.40. The molecular weight excluding hydrogens is 226 g/mol. The van der Waals surface area contributed by atoms with Crippen molar-refractivity contribution in [3.05, 3.63) is 35.6 Å². The number of rotatable bonds is 3. The molecule has 0 saturated heterocycles. The molecule has 0 amide bonds. The monoisotopic (exact) mass is 237 g/mol. The third-order valence-electron chi connectivity index (χ3n) is 2.40. The van der Waals surface area contributed by atoms with Gasteiger partial charge >= 0.3 is 0 Å². The fraction of sp³-hybridized carbons (Fsp3) is 0.250. The summed E-state index contributed by atoms with van der Waals surface area (Å²) in [4.78, 5) is 0. The maximum atomic E-state index is 5.66. The summed E-state index contributed by atoms with van der Waals surface area (Å²) < 4.78 is 10.2. The molecule has 0 radical (unpaired) electrons. The molecule has 0 saturated carbocycles. The van der Waals surface area contributed by atoms with Gasteiger partial charge in [-0.1, -0.05) is 5.16 Å². The molecule has 2 aromatic rings. The van der Waals surface area contributed by atoms with Crippen LogP contribution in [-0.2, 0) is 5.88 Å². The molecular formula is C12H12ClNO2. The summed E-state index contributed by atoms with van der Waals surface area (Å²) >= 11 is 5.66. The van der Waals surface area contributed by atoms with Gasteiger partial charge in [0.15, 0.2) is 5.76 Å². The SMILES string of the molecule is COc1ccc(-c2cc(CCl)on2)c(C)c1. The summed E-state index contributed by atoms with van der Waals surface area (Å²) in [6, 6.07) is 7.67. The number of benzene rings is 1. The summed E-state index contributed by atoms with van der Waals surface area (Å²) in [7, 11) is 1.65. The van der Waals surface area contributed by atoms with Crippen LogP contribution < -0.4 is 4.74 Å². The fourth-order valence-corrected chi connectivity index (χ4v) is 1.68. The topological polar surface area (TPSA) is 35.3 Å². The Kier molecular flexibility index (Phi) is 3.15. The normalized spacial score (nSPS) is 10.4. The van der Waals surface area contributed by atoms with Crippen LogP contribution in [0, 0.1) is 6.92 Å². The lowest BCUT2D eigenvalue weighted by molar-refractivity contribution is 0.396. The van der Waals surface area contributed by atoms with Crippen molar-refractivity contribution in [2.45, 2.75) is 12.8 Å². The number of ether oxygens (including phenoxy) is 1. The molecule has 16 heavy (non-hydrogen) atoms. The minimum atomic E-state index is 0.336. The second kappa shape index (κ2) is 4.58. The first-order valence-corrected chi connectivity index (χ1v) is 5.44. The van der Waals surface area contributed by atoms with E-state index in [1.165, 1.54) is 0 Å². The number of halogens is 1. The number of hydrogen-bond donors (Lipinski definition) is 0. The minimum absolute atomic E-state index is 0.336. The van der Waals surface area contributed by atoms with Crippen LogP contribution in [0.4, 0.5) is 0 Å². The largest absolute Gasteiger partial charge is 0.497 e. The lowest BCUT2D eigenvalue weighted by atomic mass is 10.1. The van der Waals surface area contributed by atoms with Crippen molar-refractivity contribution in [1.29, 1.82) is 0 Å². The van der Waals surface area contributed by atoms with Gasteiger partial charge in [-0.3, -0.25) is 0 Å². The summed E-state index contributed by atoms with van der Waals surface area (Å²) in [5, 5.41) is 3.97. The van der Waals surface area contributed by atoms with Crippen molar-refractivity contribution in [3.63, 3.8) is 0 Å². The zero-order valence-electron chi connectivity index (χ0n) is 9.16. The van der Waals surface area contributed by atoms with Crippen molar-refractivity contribution >= 4 is 11.6 Å². The number of hydrogen-bond acceptors (Lipinski definition) is 3. The Bertz CT molecular complexity index is 494. The molecule has 1 heterocycles. The highest BCUT2D eigenvalue weighted by Crippen LogP contribution is 2.26. The van der Waals surface area contributed by atoms with Crippen LogP contribution in [0.3, 0.4) is 0 Å². The third kappa shape index (κ3) is 2.04. The van der Waals surface area contributed by atoms with Crippen LogP contribution in [0.1, 0.15) is 11.3 Å². The lowest BCUT2D eigenvalue weighted by Gasteiger charge is -2.04. The minimum Gasteiger partial charge on any atom is -0.497 e. The molecule has 0 atom stereocenters. The molecule has 0 aliphatic carbocycles. The Labute approximate surface area is 99.0 Å². The van der Waals surface area contributed by atoms with Crippen LogP contribution >= 0.6 is 11.6 Å². The van der Waals surface area contributed by atoms with Gasteiger partial charge in [0.1, 0.15) is 11.4 Å². The molecule has 2 rings (SSSR count). The number of aromatic nitrogens is 1. The van der Waals surface area contributed by atoms with E-state index in [-0.39, 0.29) is 0 Å². The van der Waals surface area contributed by atoms with E-state index in [0.717, 1.165) is 22.6 Å². The maximum absolute atomic E-state index is 5.66. The van der Waals surface area contributed by atoms with E-state index in [0.29, 0.717) is 11.6 Å². The van der Waals surface area contributed by atoms with Crippen LogP contribution in [0.25, 0.3) is 11.3 Å². The van der Waals surface area contributed by atoms with E-state index in [2.05, 4.69) is 5.16 Å². The highest BCUT2D eigenvalue weighted by Gasteiger charge is 2.08. The molecule has 84 valence electrons. The van der Waals surface area contributed by atoms with Gasteiger partial charge < -0.3 is 9.26 Å². The van der Waals surface area contributed by atoms with E-state index in [4.69, 9.17) is 20.9 Å². The average Bonchev–Trinajstić information content (AvgIpc) is 2.77. The summed E-state index contributed by atoms with van der Waals surface area (Å²) in [6.45, 7) is 2.01. The van der Waals surface area contributed by atoms with Crippen molar-refractivity contribution in [3.8, 4) is 17.0 Å². The first-order chi connectivity index (χ1) is 7.74. The van der Waals surface area contributed by atoms with Gasteiger partial charge in [0.05, 0.1) is 13.0 Å². The van der Waals surface area contributed by atoms with Crippen molar-refractivity contribution in [1.82, 2.24) is 5.16 Å². The highest BCUT2D eigenvalue weighted by molar-refractivity contribution is 6.16. The lowest BCUT2D eigenvalue weighted by Crippen LogP contribution is -1.87. The van der Waals surface area contributed by atoms with Gasteiger partial charge in [-0.05, 0) is 30.7 Å². The van der Waals surface area contributed by atoms with Crippen molar-refractivity contribution in [2.75, 3.05) is 7.11 Å². The zero-order valence-corrected chi connectivity index (χ0v) is 9.91. The maximum Gasteiger partial charge on any atom is 0.152 e. The van der Waals surface area contributed by atoms with Crippen LogP contribution in [0.2, 0.25) is 0 Å². The van der Waals surface area contributed by atoms with Gasteiger partial charge in [0.2, 0.25) is 0 Å². The van der Waals surface area contributed by atoms with E-state index in [1.807, 2.05) is 31.2 Å². The second-order valence-electron chi connectivity index (χ2n) is 3.49. The Morgan fingerprint density at radius 2 is 2.19 bits per heavy atom. The molecule has 1 aromatic heterocycles. The molecule has 0 bridgehead atoms. The molecule has 1 aromatic carbocycles. The van der Waals surface area contributed by atoms with Crippen LogP contribution in [0.15, 0.2) is 28.8 Å². The second-order valence-corrected chi connectivity index (χ2v) is 3.76. The molecule has 3 nitrogen and oxygen atoms in total. The van der Waals surface area contributed by atoms with Crippen molar-refractivity contribution < 1.29 is 9.26 Å². The first-order valence-electron chi connectivity index (χ1n) is 4.91. The Hall–Kier alpha value is -1.48. The number of aryl methyl sites for hydroxylation is 1. The molecule has 0 fully saturated rings. The summed E-state index contributed by atoms with van der Waals surface area (Å²) in [5.74, 6) is 1.84. The third-order valence-corrected chi connectivity index (χ3v) is 2.66. The quantitative estimate of drug-likeness (QED) is 0.768. The number of methoxy groups -OCH3 is 1. The molecule has 0 aliphatic heterocycles. The average molecular weight is 238 g/mol. The van der Waals surface area contributed by atoms with Gasteiger partial charge in [-0.2, -0.15) is 0 Å².